The summed E-state index contributed by atoms with van der Waals surface area (Å²) in [5.74, 6) is -0.590. The molecule has 1 unspecified atom stereocenters. The molecule has 0 rings (SSSR count). The van der Waals surface area contributed by atoms with Crippen molar-refractivity contribution in [2.24, 2.45) is 0 Å². The van der Waals surface area contributed by atoms with Gasteiger partial charge in [-0.25, -0.2) is 0 Å². The Morgan fingerprint density at radius 1 is 0.354 bits per heavy atom. The first kappa shape index (κ1) is 63.1. The molecular weight excluding hydrogens is 801 g/mol. The van der Waals surface area contributed by atoms with Crippen LogP contribution < -0.4 is 0 Å². The van der Waals surface area contributed by atoms with Crippen LogP contribution in [0.4, 0.5) is 0 Å². The van der Waals surface area contributed by atoms with Crippen LogP contribution in [0.1, 0.15) is 316 Å². The SMILES string of the molecule is CCCCC/C=C\C/C=C\C/C=C\CCCCCCCCC(=O)OC(CO)COC(=O)CCCCCCCCCCCCCCCCCCCCCCCCCCCCCCCCCC. The number of unbranched alkanes of at least 4 members (excludes halogenated alkanes) is 40. The largest absolute Gasteiger partial charge is 0.462 e. The third-order valence-corrected chi connectivity index (χ3v) is 13.2. The van der Waals surface area contributed by atoms with E-state index in [2.05, 4.69) is 50.3 Å². The maximum Gasteiger partial charge on any atom is 0.306 e. The van der Waals surface area contributed by atoms with E-state index in [0.717, 1.165) is 57.8 Å². The molecule has 0 amide bonds. The van der Waals surface area contributed by atoms with E-state index in [1.54, 1.807) is 0 Å². The molecule has 0 aromatic rings. The molecule has 0 aromatic carbocycles. The molecule has 0 aliphatic heterocycles. The smallest absolute Gasteiger partial charge is 0.306 e. The van der Waals surface area contributed by atoms with Crippen LogP contribution in [0.2, 0.25) is 0 Å². The third-order valence-electron chi connectivity index (χ3n) is 13.2. The highest BCUT2D eigenvalue weighted by Gasteiger charge is 2.16. The van der Waals surface area contributed by atoms with Crippen molar-refractivity contribution in [1.29, 1.82) is 0 Å². The average molecular weight is 914 g/mol. The number of carbonyl (C=O) groups is 2. The Morgan fingerprint density at radius 2 is 0.615 bits per heavy atom. The summed E-state index contributed by atoms with van der Waals surface area (Å²) in [5.41, 5.74) is 0. The molecule has 0 saturated heterocycles. The predicted molar refractivity (Wildman–Crippen MR) is 284 cm³/mol. The molecule has 5 nitrogen and oxygen atoms in total. The number of esters is 2. The monoisotopic (exact) mass is 913 g/mol. The Labute approximate surface area is 406 Å². The summed E-state index contributed by atoms with van der Waals surface area (Å²) in [7, 11) is 0. The summed E-state index contributed by atoms with van der Waals surface area (Å²) in [6, 6.07) is 0. The first-order chi connectivity index (χ1) is 32.1. The lowest BCUT2D eigenvalue weighted by atomic mass is 10.0. The zero-order valence-corrected chi connectivity index (χ0v) is 43.8. The van der Waals surface area contributed by atoms with E-state index in [1.807, 2.05) is 0 Å². The molecule has 0 heterocycles. The molecular formula is C60H112O5. The molecule has 1 N–H and O–H groups in total. The van der Waals surface area contributed by atoms with Crippen molar-refractivity contribution in [3.8, 4) is 0 Å². The summed E-state index contributed by atoms with van der Waals surface area (Å²) in [6.07, 6.45) is 72.8. The van der Waals surface area contributed by atoms with Gasteiger partial charge in [0.1, 0.15) is 6.61 Å². The zero-order valence-electron chi connectivity index (χ0n) is 43.8. The highest BCUT2D eigenvalue weighted by atomic mass is 16.6. The van der Waals surface area contributed by atoms with Gasteiger partial charge in [-0.05, 0) is 51.4 Å². The lowest BCUT2D eigenvalue weighted by molar-refractivity contribution is -0.161. The quantitative estimate of drug-likeness (QED) is 0.0374. The van der Waals surface area contributed by atoms with Crippen molar-refractivity contribution < 1.29 is 24.2 Å². The fourth-order valence-electron chi connectivity index (χ4n) is 8.80. The molecule has 0 saturated carbocycles. The zero-order chi connectivity index (χ0) is 47.0. The van der Waals surface area contributed by atoms with Crippen LogP contribution in [0.3, 0.4) is 0 Å². The minimum absolute atomic E-state index is 0.0675. The fourth-order valence-corrected chi connectivity index (χ4v) is 8.80. The fraction of sp³-hybridized carbons (Fsp3) is 0.867. The van der Waals surface area contributed by atoms with Gasteiger partial charge in [0.25, 0.3) is 0 Å². The second-order valence-electron chi connectivity index (χ2n) is 19.7. The van der Waals surface area contributed by atoms with Crippen LogP contribution in [0.15, 0.2) is 36.5 Å². The molecule has 0 bridgehead atoms. The van der Waals surface area contributed by atoms with Crippen molar-refractivity contribution in [3.63, 3.8) is 0 Å². The van der Waals surface area contributed by atoms with Crippen LogP contribution in [-0.2, 0) is 19.1 Å². The topological polar surface area (TPSA) is 72.8 Å². The highest BCUT2D eigenvalue weighted by Crippen LogP contribution is 2.18. The second-order valence-corrected chi connectivity index (χ2v) is 19.7. The van der Waals surface area contributed by atoms with Crippen LogP contribution in [-0.4, -0.2) is 36.4 Å². The van der Waals surface area contributed by atoms with Gasteiger partial charge in [-0.2, -0.15) is 0 Å². The summed E-state index contributed by atoms with van der Waals surface area (Å²) >= 11 is 0. The van der Waals surface area contributed by atoms with E-state index in [0.29, 0.717) is 12.8 Å². The van der Waals surface area contributed by atoms with E-state index < -0.39 is 6.10 Å². The number of hydrogen-bond acceptors (Lipinski definition) is 5. The van der Waals surface area contributed by atoms with Gasteiger partial charge in [0.05, 0.1) is 6.61 Å². The lowest BCUT2D eigenvalue weighted by Gasteiger charge is -2.15. The Bertz CT molecular complexity index is 1030. The maximum absolute atomic E-state index is 12.3. The summed E-state index contributed by atoms with van der Waals surface area (Å²) in [6.45, 7) is 4.14. The first-order valence-corrected chi connectivity index (χ1v) is 29.0. The van der Waals surface area contributed by atoms with Crippen molar-refractivity contribution in [3.05, 3.63) is 36.5 Å². The van der Waals surface area contributed by atoms with Gasteiger partial charge >= 0.3 is 11.9 Å². The minimum atomic E-state index is -0.777. The average Bonchev–Trinajstić information content (AvgIpc) is 3.31. The number of rotatable bonds is 54. The number of allylic oxidation sites excluding steroid dienone is 6. The molecule has 65 heavy (non-hydrogen) atoms. The molecule has 0 aliphatic carbocycles. The van der Waals surface area contributed by atoms with Gasteiger partial charge in [-0.3, -0.25) is 9.59 Å². The van der Waals surface area contributed by atoms with Gasteiger partial charge in [0, 0.05) is 12.8 Å². The normalized spacial score (nSPS) is 12.4. The van der Waals surface area contributed by atoms with Crippen LogP contribution in [0.5, 0.6) is 0 Å². The van der Waals surface area contributed by atoms with Crippen LogP contribution in [0.25, 0.3) is 0 Å². The summed E-state index contributed by atoms with van der Waals surface area (Å²) in [4.78, 5) is 24.5. The van der Waals surface area contributed by atoms with Gasteiger partial charge in [-0.15, -0.1) is 0 Å². The number of aliphatic hydroxyl groups excluding tert-OH is 1. The number of hydrogen-bond donors (Lipinski definition) is 1. The Morgan fingerprint density at radius 3 is 0.954 bits per heavy atom. The Hall–Kier alpha value is -1.88. The third kappa shape index (κ3) is 54.6. The van der Waals surface area contributed by atoms with Crippen LogP contribution >= 0.6 is 0 Å². The second kappa shape index (κ2) is 56.4. The van der Waals surface area contributed by atoms with Crippen molar-refractivity contribution in [1.82, 2.24) is 0 Å². The van der Waals surface area contributed by atoms with Crippen LogP contribution in [0, 0.1) is 0 Å². The standard InChI is InChI=1S/C60H112O5/c1-3-5-7-9-11-13-15-17-19-21-23-24-25-26-27-28-29-30-31-32-33-34-35-37-38-40-42-44-46-48-50-52-54-59(62)64-57-58(56-61)65-60(63)55-53-51-49-47-45-43-41-39-36-22-20-18-16-14-12-10-8-6-4-2/h12,14,18,20,36,39,58,61H,3-11,13,15-17,19,21-35,37-38,40-57H2,1-2H3/b14-12-,20-18-,39-36-. The van der Waals surface area contributed by atoms with Gasteiger partial charge in [0.15, 0.2) is 6.10 Å². The van der Waals surface area contributed by atoms with Gasteiger partial charge < -0.3 is 14.6 Å². The van der Waals surface area contributed by atoms with E-state index in [9.17, 15) is 14.7 Å². The molecule has 5 heteroatoms. The van der Waals surface area contributed by atoms with Gasteiger partial charge in [-0.1, -0.05) is 288 Å². The van der Waals surface area contributed by atoms with E-state index in [1.165, 1.54) is 231 Å². The first-order valence-electron chi connectivity index (χ1n) is 29.0. The Kier molecular flexibility index (Phi) is 54.8. The molecule has 382 valence electrons. The maximum atomic E-state index is 12.3. The summed E-state index contributed by atoms with van der Waals surface area (Å²) in [5, 5.41) is 9.64. The predicted octanol–water partition coefficient (Wildman–Crippen LogP) is 19.5. The number of carbonyl (C=O) groups excluding carboxylic acids is 2. The van der Waals surface area contributed by atoms with Crippen molar-refractivity contribution in [2.45, 2.75) is 322 Å². The van der Waals surface area contributed by atoms with E-state index in [4.69, 9.17) is 9.47 Å². The number of aliphatic hydroxyl groups is 1. The highest BCUT2D eigenvalue weighted by molar-refractivity contribution is 5.70. The van der Waals surface area contributed by atoms with E-state index in [-0.39, 0.29) is 25.2 Å². The molecule has 1 atom stereocenters. The molecule has 0 fully saturated rings. The minimum Gasteiger partial charge on any atom is -0.462 e. The number of ether oxygens (including phenoxy) is 2. The van der Waals surface area contributed by atoms with E-state index >= 15 is 0 Å². The van der Waals surface area contributed by atoms with Crippen molar-refractivity contribution in [2.75, 3.05) is 13.2 Å². The molecule has 0 radical (unpaired) electrons. The molecule has 0 aromatic heterocycles. The Balaban J connectivity index is 3.41. The summed E-state index contributed by atoms with van der Waals surface area (Å²) < 4.78 is 10.7. The molecule has 0 aliphatic rings. The lowest BCUT2D eigenvalue weighted by Crippen LogP contribution is -2.28. The molecule has 0 spiro atoms. The van der Waals surface area contributed by atoms with Gasteiger partial charge in [0.2, 0.25) is 0 Å². The van der Waals surface area contributed by atoms with Crippen molar-refractivity contribution >= 4 is 11.9 Å².